The zero-order chi connectivity index (χ0) is 19.8. The highest BCUT2D eigenvalue weighted by Gasteiger charge is 2.49. The predicted molar refractivity (Wildman–Crippen MR) is 93.5 cm³/mol. The van der Waals surface area contributed by atoms with Gasteiger partial charge in [-0.05, 0) is 26.0 Å². The number of nitrogens with zero attached hydrogens (tertiary/aromatic N) is 2. The van der Waals surface area contributed by atoms with Crippen LogP contribution in [0.25, 0.3) is 0 Å². The van der Waals surface area contributed by atoms with Crippen molar-refractivity contribution in [1.82, 2.24) is 4.90 Å². The predicted octanol–water partition coefficient (Wildman–Crippen LogP) is 2.40. The zero-order valence-electron chi connectivity index (χ0n) is 15.1. The molecule has 27 heavy (non-hydrogen) atoms. The number of alkyl halides is 3. The van der Waals surface area contributed by atoms with Gasteiger partial charge in [0.05, 0.1) is 36.5 Å². The van der Waals surface area contributed by atoms with Gasteiger partial charge in [0.15, 0.2) is 0 Å². The molecular weight excluding hydrogens is 363 g/mol. The Hall–Kier alpha value is -2.13. The molecule has 1 fully saturated rings. The van der Waals surface area contributed by atoms with Crippen molar-refractivity contribution < 1.29 is 27.5 Å². The second kappa shape index (κ2) is 7.47. The number of hydrogen-bond acceptors (Lipinski definition) is 4. The van der Waals surface area contributed by atoms with Gasteiger partial charge in [-0.3, -0.25) is 19.4 Å². The fourth-order valence-electron chi connectivity index (χ4n) is 3.68. The molecule has 0 saturated carbocycles. The highest BCUT2D eigenvalue weighted by Crippen LogP contribution is 2.37. The van der Waals surface area contributed by atoms with Crippen LogP contribution in [0.5, 0.6) is 0 Å². The molecule has 2 amide bonds. The number of fused-ring (bicyclic) bond motifs is 1. The molecule has 3 atom stereocenters. The summed E-state index contributed by atoms with van der Waals surface area (Å²) in [5, 5.41) is 2.46. The van der Waals surface area contributed by atoms with Gasteiger partial charge in [-0.1, -0.05) is 12.1 Å². The molecule has 0 radical (unpaired) electrons. The Morgan fingerprint density at radius 1 is 1.22 bits per heavy atom. The SMILES string of the molecule is CC1CN(CC(=O)N2c3ccccc3NC(=O)CC2C(F)(F)F)CC(C)O1. The highest BCUT2D eigenvalue weighted by atomic mass is 19.4. The average molecular weight is 385 g/mol. The van der Waals surface area contributed by atoms with Crippen LogP contribution in [0.3, 0.4) is 0 Å². The van der Waals surface area contributed by atoms with Gasteiger partial charge in [-0.15, -0.1) is 0 Å². The van der Waals surface area contributed by atoms with Crippen molar-refractivity contribution in [3.63, 3.8) is 0 Å². The van der Waals surface area contributed by atoms with Crippen LogP contribution in [0.4, 0.5) is 24.5 Å². The van der Waals surface area contributed by atoms with Crippen molar-refractivity contribution in [3.05, 3.63) is 24.3 Å². The van der Waals surface area contributed by atoms with Crippen molar-refractivity contribution in [2.75, 3.05) is 29.9 Å². The maximum atomic E-state index is 13.7. The van der Waals surface area contributed by atoms with Crippen LogP contribution in [0.2, 0.25) is 0 Å². The first-order chi connectivity index (χ1) is 12.6. The molecule has 3 rings (SSSR count). The van der Waals surface area contributed by atoms with Crippen molar-refractivity contribution in [2.45, 2.75) is 44.7 Å². The molecule has 1 aromatic rings. The summed E-state index contributed by atoms with van der Waals surface area (Å²) in [6, 6.07) is 3.85. The van der Waals surface area contributed by atoms with E-state index in [0.29, 0.717) is 13.1 Å². The summed E-state index contributed by atoms with van der Waals surface area (Å²) in [5.74, 6) is -1.46. The molecule has 6 nitrogen and oxygen atoms in total. The van der Waals surface area contributed by atoms with Crippen molar-refractivity contribution in [3.8, 4) is 0 Å². The van der Waals surface area contributed by atoms with E-state index < -0.39 is 30.5 Å². The van der Waals surface area contributed by atoms with Crippen LogP contribution in [-0.2, 0) is 14.3 Å². The minimum Gasteiger partial charge on any atom is -0.373 e. The van der Waals surface area contributed by atoms with Crippen LogP contribution in [-0.4, -0.2) is 60.8 Å². The van der Waals surface area contributed by atoms with Gasteiger partial charge in [-0.2, -0.15) is 13.2 Å². The Labute approximate surface area is 155 Å². The number of nitrogens with one attached hydrogen (secondary N) is 1. The number of anilines is 2. The normalized spacial score (nSPS) is 26.9. The Morgan fingerprint density at radius 3 is 2.48 bits per heavy atom. The first kappa shape index (κ1) is 19.6. The topological polar surface area (TPSA) is 61.9 Å². The number of para-hydroxylation sites is 2. The third kappa shape index (κ3) is 4.41. The van der Waals surface area contributed by atoms with Crippen molar-refractivity contribution in [2.24, 2.45) is 0 Å². The van der Waals surface area contributed by atoms with E-state index in [0.717, 1.165) is 4.90 Å². The lowest BCUT2D eigenvalue weighted by molar-refractivity contribution is -0.158. The van der Waals surface area contributed by atoms with Gasteiger partial charge >= 0.3 is 6.18 Å². The summed E-state index contributed by atoms with van der Waals surface area (Å²) in [7, 11) is 0. The molecule has 3 unspecified atom stereocenters. The monoisotopic (exact) mass is 385 g/mol. The zero-order valence-corrected chi connectivity index (χ0v) is 15.1. The summed E-state index contributed by atoms with van der Waals surface area (Å²) in [6.45, 7) is 4.46. The summed E-state index contributed by atoms with van der Waals surface area (Å²) in [6.07, 6.45) is -5.78. The standard InChI is InChI=1S/C18H22F3N3O3/c1-11-8-23(9-12(2)27-11)10-17(26)24-14-6-4-3-5-13(14)22-16(25)7-15(24)18(19,20)21/h3-6,11-12,15H,7-10H2,1-2H3,(H,22,25). The third-order valence-electron chi connectivity index (χ3n) is 4.63. The molecule has 2 aliphatic rings. The number of ether oxygens (including phenoxy) is 1. The number of amides is 2. The summed E-state index contributed by atoms with van der Waals surface area (Å²) >= 11 is 0. The smallest absolute Gasteiger partial charge is 0.373 e. The number of rotatable bonds is 2. The second-order valence-electron chi connectivity index (χ2n) is 7.04. The van der Waals surface area contributed by atoms with E-state index in [-0.39, 0.29) is 30.1 Å². The quantitative estimate of drug-likeness (QED) is 0.849. The molecule has 1 aromatic carbocycles. The van der Waals surface area contributed by atoms with Crippen LogP contribution in [0.15, 0.2) is 24.3 Å². The van der Waals surface area contributed by atoms with Crippen molar-refractivity contribution in [1.29, 1.82) is 0 Å². The Bertz CT molecular complexity index is 715. The van der Waals surface area contributed by atoms with Gasteiger partial charge in [0.1, 0.15) is 6.04 Å². The van der Waals surface area contributed by atoms with Gasteiger partial charge in [0.2, 0.25) is 11.8 Å². The van der Waals surface area contributed by atoms with E-state index in [4.69, 9.17) is 4.74 Å². The Morgan fingerprint density at radius 2 is 1.85 bits per heavy atom. The molecule has 0 bridgehead atoms. The minimum atomic E-state index is -4.73. The largest absolute Gasteiger partial charge is 0.409 e. The number of benzene rings is 1. The number of halogens is 3. The fraction of sp³-hybridized carbons (Fsp3) is 0.556. The number of hydrogen-bond donors (Lipinski definition) is 1. The van der Waals surface area contributed by atoms with Crippen molar-refractivity contribution >= 4 is 23.2 Å². The number of morpholine rings is 1. The van der Waals surface area contributed by atoms with Gasteiger partial charge < -0.3 is 10.1 Å². The molecule has 1 N–H and O–H groups in total. The van der Waals surface area contributed by atoms with Crippen LogP contribution in [0, 0.1) is 0 Å². The maximum absolute atomic E-state index is 13.7. The van der Waals surface area contributed by atoms with E-state index in [1.165, 1.54) is 12.1 Å². The number of carbonyl (C=O) groups excluding carboxylic acids is 2. The fourth-order valence-corrected chi connectivity index (χ4v) is 3.68. The highest BCUT2D eigenvalue weighted by molar-refractivity contribution is 6.05. The van der Waals surface area contributed by atoms with Gasteiger partial charge in [-0.25, -0.2) is 0 Å². The molecule has 9 heteroatoms. The van der Waals surface area contributed by atoms with Crippen LogP contribution >= 0.6 is 0 Å². The maximum Gasteiger partial charge on any atom is 0.409 e. The molecule has 0 aromatic heterocycles. The molecule has 0 spiro atoms. The lowest BCUT2D eigenvalue weighted by Crippen LogP contribution is -2.55. The summed E-state index contributed by atoms with van der Waals surface area (Å²) in [4.78, 5) is 27.4. The number of carbonyl (C=O) groups is 2. The van der Waals surface area contributed by atoms with Crippen LogP contribution in [0.1, 0.15) is 20.3 Å². The summed E-state index contributed by atoms with van der Waals surface area (Å²) in [5.41, 5.74) is 0.261. The van der Waals surface area contributed by atoms with Crippen LogP contribution < -0.4 is 10.2 Å². The molecule has 148 valence electrons. The molecule has 0 aliphatic carbocycles. The summed E-state index contributed by atoms with van der Waals surface area (Å²) < 4.78 is 46.7. The van der Waals surface area contributed by atoms with E-state index in [2.05, 4.69) is 5.32 Å². The third-order valence-corrected chi connectivity index (χ3v) is 4.63. The average Bonchev–Trinajstić information content (AvgIpc) is 2.69. The van der Waals surface area contributed by atoms with Gasteiger partial charge in [0, 0.05) is 13.1 Å². The molecule has 1 saturated heterocycles. The van der Waals surface area contributed by atoms with E-state index in [1.54, 1.807) is 17.0 Å². The molecule has 2 aliphatic heterocycles. The first-order valence-corrected chi connectivity index (χ1v) is 8.80. The Kier molecular flexibility index (Phi) is 5.43. The molecular formula is C18H22F3N3O3. The van der Waals surface area contributed by atoms with E-state index in [1.807, 2.05) is 13.8 Å². The van der Waals surface area contributed by atoms with E-state index in [9.17, 15) is 22.8 Å². The molecule has 2 heterocycles. The van der Waals surface area contributed by atoms with E-state index >= 15 is 0 Å². The second-order valence-corrected chi connectivity index (χ2v) is 7.04. The first-order valence-electron chi connectivity index (χ1n) is 8.80. The lowest BCUT2D eigenvalue weighted by atomic mass is 10.1. The Balaban J connectivity index is 1.93. The minimum absolute atomic E-state index is 0.0602. The van der Waals surface area contributed by atoms with Gasteiger partial charge in [0.25, 0.3) is 0 Å². The lowest BCUT2D eigenvalue weighted by Gasteiger charge is -2.37.